The molecule has 1 N–H and O–H groups in total. The second-order valence-electron chi connectivity index (χ2n) is 3.34. The fourth-order valence-electron chi connectivity index (χ4n) is 1.20. The van der Waals surface area contributed by atoms with Crippen LogP contribution in [0.5, 0.6) is 11.5 Å². The number of esters is 1. The standard InChI is InChI=1S/C15H14O3.2C2H6/c1-3-5-8-12(7-4-2)15(17)18-14-10-6-9-13(16)11-14;2*1-2/h3-11,16H,1-2H2;2*1-2H3/b8-5-,12-7+;;. The van der Waals surface area contributed by atoms with Gasteiger partial charge in [0.15, 0.2) is 0 Å². The Labute approximate surface area is 133 Å². The first kappa shape index (κ1) is 21.7. The number of benzene rings is 1. The van der Waals surface area contributed by atoms with Gasteiger partial charge in [-0.25, -0.2) is 4.79 Å². The molecule has 0 radical (unpaired) electrons. The largest absolute Gasteiger partial charge is 0.508 e. The van der Waals surface area contributed by atoms with Crippen LogP contribution in [0.1, 0.15) is 27.7 Å². The molecule has 3 heteroatoms. The summed E-state index contributed by atoms with van der Waals surface area (Å²) in [6.07, 6.45) is 7.77. The van der Waals surface area contributed by atoms with Crippen LogP contribution in [0.25, 0.3) is 0 Å². The third kappa shape index (κ3) is 9.37. The summed E-state index contributed by atoms with van der Waals surface area (Å²) in [5.41, 5.74) is 0.341. The van der Waals surface area contributed by atoms with Crippen LogP contribution in [0.15, 0.2) is 73.4 Å². The number of hydrogen-bond donors (Lipinski definition) is 1. The first-order chi connectivity index (χ1) is 10.7. The van der Waals surface area contributed by atoms with Crippen molar-refractivity contribution < 1.29 is 14.6 Å². The van der Waals surface area contributed by atoms with Crippen LogP contribution in [0.4, 0.5) is 0 Å². The highest BCUT2D eigenvalue weighted by Crippen LogP contribution is 2.18. The number of ether oxygens (including phenoxy) is 1. The molecule has 0 unspecified atom stereocenters. The number of phenols is 1. The highest BCUT2D eigenvalue weighted by molar-refractivity contribution is 5.93. The SMILES string of the molecule is C=C/C=C\C(=C/C=C)C(=O)Oc1cccc(O)c1.CC.CC. The predicted molar refractivity (Wildman–Crippen MR) is 94.1 cm³/mol. The van der Waals surface area contributed by atoms with Gasteiger partial charge in [-0.1, -0.05) is 65.1 Å². The minimum absolute atomic E-state index is 0.0381. The molecular formula is C19H26O3. The molecule has 120 valence electrons. The van der Waals surface area contributed by atoms with Crippen molar-refractivity contribution in [3.8, 4) is 11.5 Å². The Balaban J connectivity index is 0. The van der Waals surface area contributed by atoms with Crippen molar-refractivity contribution in [2.45, 2.75) is 27.7 Å². The van der Waals surface area contributed by atoms with Crippen LogP contribution in [0, 0.1) is 0 Å². The molecule has 0 aliphatic heterocycles. The fourth-order valence-corrected chi connectivity index (χ4v) is 1.20. The smallest absolute Gasteiger partial charge is 0.343 e. The Hall–Kier alpha value is -2.55. The van der Waals surface area contributed by atoms with Crippen LogP contribution in [-0.4, -0.2) is 11.1 Å². The lowest BCUT2D eigenvalue weighted by molar-refractivity contribution is -0.129. The maximum atomic E-state index is 11.8. The zero-order valence-electron chi connectivity index (χ0n) is 13.9. The van der Waals surface area contributed by atoms with Crippen LogP contribution in [0.2, 0.25) is 0 Å². The molecule has 0 atom stereocenters. The molecule has 0 aliphatic rings. The summed E-state index contributed by atoms with van der Waals surface area (Å²) < 4.78 is 5.11. The Kier molecular flexibility index (Phi) is 14.7. The number of hydrogen-bond acceptors (Lipinski definition) is 3. The highest BCUT2D eigenvalue weighted by atomic mass is 16.5. The summed E-state index contributed by atoms with van der Waals surface area (Å²) in [5, 5.41) is 9.26. The van der Waals surface area contributed by atoms with Gasteiger partial charge in [-0.15, -0.1) is 0 Å². The van der Waals surface area contributed by atoms with E-state index < -0.39 is 5.97 Å². The van der Waals surface area contributed by atoms with Crippen LogP contribution < -0.4 is 4.74 Å². The maximum Gasteiger partial charge on any atom is 0.343 e. The van der Waals surface area contributed by atoms with Crippen molar-refractivity contribution in [3.05, 3.63) is 73.4 Å². The summed E-state index contributed by atoms with van der Waals surface area (Å²) in [6.45, 7) is 15.1. The average molecular weight is 302 g/mol. The first-order valence-electron chi connectivity index (χ1n) is 7.30. The van der Waals surface area contributed by atoms with Gasteiger partial charge in [0.05, 0.1) is 5.57 Å². The molecule has 1 aromatic carbocycles. The van der Waals surface area contributed by atoms with E-state index in [2.05, 4.69) is 13.2 Å². The topological polar surface area (TPSA) is 46.5 Å². The third-order valence-corrected chi connectivity index (χ3v) is 1.97. The number of rotatable bonds is 5. The molecular weight excluding hydrogens is 276 g/mol. The van der Waals surface area contributed by atoms with Crippen LogP contribution in [-0.2, 0) is 4.79 Å². The van der Waals surface area contributed by atoms with Crippen LogP contribution in [0.3, 0.4) is 0 Å². The Morgan fingerprint density at radius 3 is 2.27 bits per heavy atom. The fraction of sp³-hybridized carbons (Fsp3) is 0.211. The molecule has 0 saturated heterocycles. The van der Waals surface area contributed by atoms with E-state index in [1.54, 1.807) is 30.4 Å². The molecule has 22 heavy (non-hydrogen) atoms. The average Bonchev–Trinajstić information content (AvgIpc) is 2.55. The van der Waals surface area contributed by atoms with Gasteiger partial charge in [0.1, 0.15) is 11.5 Å². The lowest BCUT2D eigenvalue weighted by atomic mass is 10.2. The van der Waals surface area contributed by atoms with Crippen molar-refractivity contribution in [1.82, 2.24) is 0 Å². The van der Waals surface area contributed by atoms with Gasteiger partial charge < -0.3 is 9.84 Å². The number of carbonyl (C=O) groups is 1. The molecule has 1 aromatic rings. The van der Waals surface area contributed by atoms with E-state index in [-0.39, 0.29) is 11.5 Å². The first-order valence-corrected chi connectivity index (χ1v) is 7.30. The summed E-state index contributed by atoms with van der Waals surface area (Å²) in [4.78, 5) is 11.8. The summed E-state index contributed by atoms with van der Waals surface area (Å²) in [5.74, 6) is -0.211. The van der Waals surface area contributed by atoms with E-state index in [9.17, 15) is 9.90 Å². The Morgan fingerprint density at radius 2 is 1.77 bits per heavy atom. The summed E-state index contributed by atoms with van der Waals surface area (Å²) in [6, 6.07) is 6.03. The second kappa shape index (κ2) is 14.9. The molecule has 0 amide bonds. The molecule has 0 heterocycles. The molecule has 0 saturated carbocycles. The van der Waals surface area contributed by atoms with Crippen LogP contribution >= 0.6 is 0 Å². The molecule has 0 aromatic heterocycles. The third-order valence-electron chi connectivity index (χ3n) is 1.97. The predicted octanol–water partition coefficient (Wildman–Crippen LogP) is 5.20. The van der Waals surface area contributed by atoms with Gasteiger partial charge >= 0.3 is 5.97 Å². The minimum atomic E-state index is -0.529. The number of carbonyl (C=O) groups excluding carboxylic acids is 1. The lowest BCUT2D eigenvalue weighted by Crippen LogP contribution is -2.09. The number of aromatic hydroxyl groups is 1. The highest BCUT2D eigenvalue weighted by Gasteiger charge is 2.08. The molecule has 0 fully saturated rings. The Bertz CT molecular complexity index is 511. The normalized spacial score (nSPS) is 9.73. The quantitative estimate of drug-likeness (QED) is 0.352. The van der Waals surface area contributed by atoms with E-state index in [4.69, 9.17) is 4.74 Å². The zero-order valence-corrected chi connectivity index (χ0v) is 13.9. The van der Waals surface area contributed by atoms with Crippen molar-refractivity contribution >= 4 is 5.97 Å². The second-order valence-corrected chi connectivity index (χ2v) is 3.34. The zero-order chi connectivity index (χ0) is 17.4. The molecule has 1 rings (SSSR count). The number of phenolic OH excluding ortho intramolecular Hbond substituents is 1. The summed E-state index contributed by atoms with van der Waals surface area (Å²) in [7, 11) is 0. The van der Waals surface area contributed by atoms with Gasteiger partial charge in [0, 0.05) is 6.07 Å². The monoisotopic (exact) mass is 302 g/mol. The van der Waals surface area contributed by atoms with Gasteiger partial charge in [-0.2, -0.15) is 0 Å². The molecule has 0 spiro atoms. The van der Waals surface area contributed by atoms with E-state index in [0.29, 0.717) is 5.57 Å². The van der Waals surface area contributed by atoms with Gasteiger partial charge in [0.25, 0.3) is 0 Å². The van der Waals surface area contributed by atoms with Gasteiger partial charge in [-0.3, -0.25) is 0 Å². The van der Waals surface area contributed by atoms with E-state index >= 15 is 0 Å². The summed E-state index contributed by atoms with van der Waals surface area (Å²) >= 11 is 0. The van der Waals surface area contributed by atoms with Crippen molar-refractivity contribution in [1.29, 1.82) is 0 Å². The minimum Gasteiger partial charge on any atom is -0.508 e. The number of allylic oxidation sites excluding steroid dienone is 4. The van der Waals surface area contributed by atoms with E-state index in [1.165, 1.54) is 24.3 Å². The molecule has 0 bridgehead atoms. The Morgan fingerprint density at radius 1 is 1.14 bits per heavy atom. The van der Waals surface area contributed by atoms with Crippen molar-refractivity contribution in [2.24, 2.45) is 0 Å². The molecule has 3 nitrogen and oxygen atoms in total. The maximum absolute atomic E-state index is 11.8. The van der Waals surface area contributed by atoms with E-state index in [1.807, 2.05) is 27.7 Å². The van der Waals surface area contributed by atoms with E-state index in [0.717, 1.165) is 0 Å². The van der Waals surface area contributed by atoms with Crippen molar-refractivity contribution in [3.63, 3.8) is 0 Å². The van der Waals surface area contributed by atoms with Crippen molar-refractivity contribution in [2.75, 3.05) is 0 Å². The van der Waals surface area contributed by atoms with Gasteiger partial charge in [-0.05, 0) is 24.3 Å². The molecule has 0 aliphatic carbocycles. The van der Waals surface area contributed by atoms with Gasteiger partial charge in [0.2, 0.25) is 0 Å². The lowest BCUT2D eigenvalue weighted by Gasteiger charge is -2.04.